The molecule has 0 aliphatic rings. The van der Waals surface area contributed by atoms with Crippen molar-refractivity contribution in [3.63, 3.8) is 0 Å². The Morgan fingerprint density at radius 2 is 1.71 bits per heavy atom. The van der Waals surface area contributed by atoms with Gasteiger partial charge in [0.1, 0.15) is 0 Å². The number of nitrogens with one attached hydrogen (secondary N) is 1. The van der Waals surface area contributed by atoms with Crippen LogP contribution in [0.15, 0.2) is 60.7 Å². The highest BCUT2D eigenvalue weighted by atomic mass is 19.4. The van der Waals surface area contributed by atoms with Crippen molar-refractivity contribution in [3.05, 3.63) is 71.8 Å². The standard InChI is InChI=1S/C20H15F3N2O3/c21-20(22,23)13-8-9-15(16(24)10-13)19(27)28-11-18(26)25-17-7-3-5-12-4-1-2-6-14(12)17/h1-10H,11,24H2,(H,25,26). The molecule has 0 saturated carbocycles. The van der Waals surface area contributed by atoms with Crippen molar-refractivity contribution in [1.29, 1.82) is 0 Å². The van der Waals surface area contributed by atoms with Crippen LogP contribution in [0.3, 0.4) is 0 Å². The van der Waals surface area contributed by atoms with Crippen molar-refractivity contribution in [3.8, 4) is 0 Å². The van der Waals surface area contributed by atoms with Crippen molar-refractivity contribution >= 4 is 34.0 Å². The van der Waals surface area contributed by atoms with Gasteiger partial charge in [0.05, 0.1) is 11.1 Å². The Kier molecular flexibility index (Phi) is 5.21. The zero-order chi connectivity index (χ0) is 20.3. The highest BCUT2D eigenvalue weighted by Crippen LogP contribution is 2.31. The van der Waals surface area contributed by atoms with Crippen LogP contribution in [-0.2, 0) is 15.7 Å². The Bertz CT molecular complexity index is 1040. The van der Waals surface area contributed by atoms with Gasteiger partial charge in [0.15, 0.2) is 6.61 Å². The summed E-state index contributed by atoms with van der Waals surface area (Å²) in [6, 6.07) is 15.1. The van der Waals surface area contributed by atoms with E-state index in [-0.39, 0.29) is 11.3 Å². The number of carbonyl (C=O) groups is 2. The number of hydrogen-bond acceptors (Lipinski definition) is 4. The zero-order valence-electron chi connectivity index (χ0n) is 14.4. The van der Waals surface area contributed by atoms with E-state index >= 15 is 0 Å². The monoisotopic (exact) mass is 388 g/mol. The summed E-state index contributed by atoms with van der Waals surface area (Å²) >= 11 is 0. The first kappa shape index (κ1) is 19.2. The second kappa shape index (κ2) is 7.59. The molecule has 1 amide bonds. The molecule has 3 N–H and O–H groups in total. The number of alkyl halides is 3. The molecular formula is C20H15F3N2O3. The second-order valence-corrected chi connectivity index (χ2v) is 5.95. The number of fused-ring (bicyclic) bond motifs is 1. The Morgan fingerprint density at radius 1 is 1.00 bits per heavy atom. The molecule has 0 saturated heterocycles. The first-order chi connectivity index (χ1) is 13.3. The number of carbonyl (C=O) groups excluding carboxylic acids is 2. The number of halogens is 3. The molecule has 3 rings (SSSR count). The van der Waals surface area contributed by atoms with E-state index in [1.165, 1.54) is 0 Å². The lowest BCUT2D eigenvalue weighted by molar-refractivity contribution is -0.137. The minimum atomic E-state index is -4.57. The van der Waals surface area contributed by atoms with E-state index in [1.807, 2.05) is 30.3 Å². The third kappa shape index (κ3) is 4.22. The van der Waals surface area contributed by atoms with Gasteiger partial charge >= 0.3 is 12.1 Å². The van der Waals surface area contributed by atoms with E-state index in [2.05, 4.69) is 5.32 Å². The van der Waals surface area contributed by atoms with Gasteiger partial charge in [-0.05, 0) is 29.7 Å². The van der Waals surface area contributed by atoms with E-state index in [0.717, 1.165) is 22.9 Å². The molecular weight excluding hydrogens is 373 g/mol. The van der Waals surface area contributed by atoms with Crippen LogP contribution in [0, 0.1) is 0 Å². The number of anilines is 2. The molecule has 0 heterocycles. The lowest BCUT2D eigenvalue weighted by Crippen LogP contribution is -2.21. The van der Waals surface area contributed by atoms with Gasteiger partial charge in [0.2, 0.25) is 0 Å². The molecule has 144 valence electrons. The van der Waals surface area contributed by atoms with Crippen LogP contribution in [0.5, 0.6) is 0 Å². The molecule has 0 radical (unpaired) electrons. The Labute approximate surface area is 157 Å². The van der Waals surface area contributed by atoms with Crippen LogP contribution in [0.4, 0.5) is 24.5 Å². The summed E-state index contributed by atoms with van der Waals surface area (Å²) < 4.78 is 42.8. The summed E-state index contributed by atoms with van der Waals surface area (Å²) in [6.07, 6.45) is -4.57. The lowest BCUT2D eigenvalue weighted by Gasteiger charge is -2.11. The topological polar surface area (TPSA) is 81.4 Å². The molecule has 5 nitrogen and oxygen atoms in total. The van der Waals surface area contributed by atoms with E-state index in [4.69, 9.17) is 10.5 Å². The van der Waals surface area contributed by atoms with Gasteiger partial charge in [-0.15, -0.1) is 0 Å². The third-order valence-electron chi connectivity index (χ3n) is 4.00. The summed E-state index contributed by atoms with van der Waals surface area (Å²) in [7, 11) is 0. The fraction of sp³-hybridized carbons (Fsp3) is 0.100. The molecule has 0 aliphatic carbocycles. The van der Waals surface area contributed by atoms with Gasteiger partial charge in [-0.1, -0.05) is 36.4 Å². The lowest BCUT2D eigenvalue weighted by atomic mass is 10.1. The second-order valence-electron chi connectivity index (χ2n) is 5.95. The maximum absolute atomic E-state index is 12.6. The van der Waals surface area contributed by atoms with Crippen LogP contribution in [0.25, 0.3) is 10.8 Å². The third-order valence-corrected chi connectivity index (χ3v) is 4.00. The average molecular weight is 388 g/mol. The van der Waals surface area contributed by atoms with Gasteiger partial charge in [-0.2, -0.15) is 13.2 Å². The summed E-state index contributed by atoms with van der Waals surface area (Å²) in [4.78, 5) is 24.1. The number of hydrogen-bond donors (Lipinski definition) is 2. The van der Waals surface area contributed by atoms with Gasteiger partial charge in [0.25, 0.3) is 5.91 Å². The maximum Gasteiger partial charge on any atom is 0.416 e. The Balaban J connectivity index is 1.65. The van der Waals surface area contributed by atoms with Crippen molar-refractivity contribution in [2.75, 3.05) is 17.7 Å². The first-order valence-corrected chi connectivity index (χ1v) is 8.17. The predicted molar refractivity (Wildman–Crippen MR) is 98.7 cm³/mol. The van der Waals surface area contributed by atoms with E-state index < -0.39 is 30.2 Å². The minimum Gasteiger partial charge on any atom is -0.452 e. The molecule has 3 aromatic carbocycles. The number of nitrogen functional groups attached to an aromatic ring is 1. The quantitative estimate of drug-likeness (QED) is 0.518. The fourth-order valence-electron chi connectivity index (χ4n) is 2.65. The fourth-order valence-corrected chi connectivity index (χ4v) is 2.65. The maximum atomic E-state index is 12.6. The molecule has 0 aromatic heterocycles. The Hall–Kier alpha value is -3.55. The highest BCUT2D eigenvalue weighted by molar-refractivity contribution is 6.03. The van der Waals surface area contributed by atoms with E-state index in [9.17, 15) is 22.8 Å². The van der Waals surface area contributed by atoms with Crippen LogP contribution >= 0.6 is 0 Å². The normalized spacial score (nSPS) is 11.2. The van der Waals surface area contributed by atoms with Gasteiger partial charge in [-0.3, -0.25) is 4.79 Å². The Morgan fingerprint density at radius 3 is 2.43 bits per heavy atom. The first-order valence-electron chi connectivity index (χ1n) is 8.17. The predicted octanol–water partition coefficient (Wildman–Crippen LogP) is 4.24. The molecule has 28 heavy (non-hydrogen) atoms. The van der Waals surface area contributed by atoms with Crippen molar-refractivity contribution in [2.24, 2.45) is 0 Å². The number of ether oxygens (including phenoxy) is 1. The number of nitrogens with two attached hydrogens (primary N) is 1. The van der Waals surface area contributed by atoms with E-state index in [1.54, 1.807) is 12.1 Å². The zero-order valence-corrected chi connectivity index (χ0v) is 14.4. The summed E-state index contributed by atoms with van der Waals surface area (Å²) in [5.41, 5.74) is 4.46. The van der Waals surface area contributed by atoms with Gasteiger partial charge < -0.3 is 15.8 Å². The largest absolute Gasteiger partial charge is 0.452 e. The van der Waals surface area contributed by atoms with Crippen molar-refractivity contribution in [1.82, 2.24) is 0 Å². The van der Waals surface area contributed by atoms with Crippen LogP contribution in [0.1, 0.15) is 15.9 Å². The van der Waals surface area contributed by atoms with Gasteiger partial charge in [-0.25, -0.2) is 4.79 Å². The SMILES string of the molecule is Nc1cc(C(F)(F)F)ccc1C(=O)OCC(=O)Nc1cccc2ccccc12. The van der Waals surface area contributed by atoms with Crippen molar-refractivity contribution in [2.45, 2.75) is 6.18 Å². The molecule has 0 unspecified atom stereocenters. The summed E-state index contributed by atoms with van der Waals surface area (Å²) in [5.74, 6) is -1.57. The molecule has 8 heteroatoms. The van der Waals surface area contributed by atoms with Crippen LogP contribution in [0.2, 0.25) is 0 Å². The molecule has 0 spiro atoms. The highest BCUT2D eigenvalue weighted by Gasteiger charge is 2.31. The smallest absolute Gasteiger partial charge is 0.416 e. The van der Waals surface area contributed by atoms with Crippen LogP contribution in [-0.4, -0.2) is 18.5 Å². The number of esters is 1. The molecule has 0 aliphatic heterocycles. The number of benzene rings is 3. The summed E-state index contributed by atoms with van der Waals surface area (Å²) in [5, 5.41) is 4.38. The number of rotatable bonds is 4. The minimum absolute atomic E-state index is 0.244. The van der Waals surface area contributed by atoms with Crippen molar-refractivity contribution < 1.29 is 27.5 Å². The molecule has 0 atom stereocenters. The number of amides is 1. The molecule has 0 fully saturated rings. The van der Waals surface area contributed by atoms with Gasteiger partial charge in [0, 0.05) is 16.8 Å². The van der Waals surface area contributed by atoms with Crippen LogP contribution < -0.4 is 11.1 Å². The molecule has 0 bridgehead atoms. The average Bonchev–Trinajstić information content (AvgIpc) is 2.65. The molecule has 3 aromatic rings. The van der Waals surface area contributed by atoms with E-state index in [0.29, 0.717) is 11.8 Å². The summed E-state index contributed by atoms with van der Waals surface area (Å²) in [6.45, 7) is -0.609.